The summed E-state index contributed by atoms with van der Waals surface area (Å²) in [4.78, 5) is 35.5. The van der Waals surface area contributed by atoms with Gasteiger partial charge in [-0.2, -0.15) is 0 Å². The summed E-state index contributed by atoms with van der Waals surface area (Å²) >= 11 is 0. The number of nitro groups is 1. The van der Waals surface area contributed by atoms with Crippen LogP contribution < -0.4 is 20.9 Å². The smallest absolute Gasteiger partial charge is 0.271 e. The molecule has 1 aliphatic rings. The molecule has 9 nitrogen and oxygen atoms in total. The number of hydrogen-bond donors (Lipinski definition) is 2. The first kappa shape index (κ1) is 15.7. The summed E-state index contributed by atoms with van der Waals surface area (Å²) in [5, 5.41) is 10.9. The largest absolute Gasteiger partial charge is 0.478 e. The van der Waals surface area contributed by atoms with Crippen molar-refractivity contribution < 1.29 is 19.2 Å². The predicted molar refractivity (Wildman–Crippen MR) is 77.0 cm³/mol. The summed E-state index contributed by atoms with van der Waals surface area (Å²) in [6, 6.07) is 3.91. The van der Waals surface area contributed by atoms with Crippen molar-refractivity contribution in [3.8, 4) is 5.75 Å². The van der Waals surface area contributed by atoms with Crippen molar-refractivity contribution in [1.29, 1.82) is 0 Å². The second-order valence-electron chi connectivity index (χ2n) is 5.18. The first-order chi connectivity index (χ1) is 10.3. The van der Waals surface area contributed by atoms with E-state index in [0.717, 1.165) is 4.90 Å². The molecule has 1 atom stereocenters. The molecule has 0 aromatic heterocycles. The highest BCUT2D eigenvalue weighted by molar-refractivity contribution is 6.04. The Morgan fingerprint density at radius 3 is 2.77 bits per heavy atom. The van der Waals surface area contributed by atoms with E-state index >= 15 is 0 Å². The summed E-state index contributed by atoms with van der Waals surface area (Å²) < 4.78 is 5.61. The highest BCUT2D eigenvalue weighted by atomic mass is 16.6. The van der Waals surface area contributed by atoms with E-state index in [-0.39, 0.29) is 23.8 Å². The minimum atomic E-state index is -0.764. The van der Waals surface area contributed by atoms with E-state index in [1.54, 1.807) is 13.8 Å². The molecule has 9 heteroatoms. The molecule has 0 bridgehead atoms. The zero-order valence-electron chi connectivity index (χ0n) is 12.1. The van der Waals surface area contributed by atoms with Crippen LogP contribution in [0.25, 0.3) is 0 Å². The van der Waals surface area contributed by atoms with Crippen molar-refractivity contribution in [2.75, 3.05) is 11.4 Å². The highest BCUT2D eigenvalue weighted by Crippen LogP contribution is 2.38. The number of ether oxygens (including phenoxy) is 1. The van der Waals surface area contributed by atoms with Gasteiger partial charge in [0.15, 0.2) is 6.10 Å². The second-order valence-corrected chi connectivity index (χ2v) is 5.18. The fourth-order valence-corrected chi connectivity index (χ4v) is 2.16. The number of benzene rings is 1. The summed E-state index contributed by atoms with van der Waals surface area (Å²) in [5.74, 6) is 4.21. The lowest BCUT2D eigenvalue weighted by molar-refractivity contribution is -0.384. The number of carbonyl (C=O) groups is 2. The van der Waals surface area contributed by atoms with Crippen LogP contribution in [-0.4, -0.2) is 29.4 Å². The van der Waals surface area contributed by atoms with E-state index in [1.165, 1.54) is 18.2 Å². The summed E-state index contributed by atoms with van der Waals surface area (Å²) in [7, 11) is 0. The molecule has 1 aliphatic heterocycles. The van der Waals surface area contributed by atoms with E-state index < -0.39 is 22.8 Å². The molecule has 0 saturated carbocycles. The molecule has 0 aliphatic carbocycles. The maximum atomic E-state index is 12.5. The molecule has 2 amide bonds. The maximum absolute atomic E-state index is 12.5. The van der Waals surface area contributed by atoms with Crippen LogP contribution in [0.5, 0.6) is 5.75 Å². The van der Waals surface area contributed by atoms with Crippen LogP contribution in [-0.2, 0) is 9.59 Å². The summed E-state index contributed by atoms with van der Waals surface area (Å²) in [6.45, 7) is 3.27. The first-order valence-corrected chi connectivity index (χ1v) is 6.61. The van der Waals surface area contributed by atoms with E-state index in [1.807, 2.05) is 5.43 Å². The number of nitro benzene ring substituents is 1. The average molecular weight is 308 g/mol. The highest BCUT2D eigenvalue weighted by Gasteiger charge is 2.37. The number of hydrogen-bond acceptors (Lipinski definition) is 6. The molecular formula is C13H16N4O5. The second kappa shape index (κ2) is 5.98. The first-order valence-electron chi connectivity index (χ1n) is 6.61. The predicted octanol–water partition coefficient (Wildman–Crippen LogP) is 0.335. The standard InChI is InChI=1S/C13H16N4O5/c1-7(2)12-13(19)16(6-11(18)15-14)9-5-8(17(20)21)3-4-10(9)22-12/h3-5,7,12H,6,14H2,1-2H3,(H,15,18). The normalized spacial score (nSPS) is 17.0. The lowest BCUT2D eigenvalue weighted by Gasteiger charge is -2.35. The Labute approximate surface area is 126 Å². The van der Waals surface area contributed by atoms with Gasteiger partial charge in [0.1, 0.15) is 12.3 Å². The van der Waals surface area contributed by atoms with Gasteiger partial charge in [0, 0.05) is 12.1 Å². The van der Waals surface area contributed by atoms with Crippen LogP contribution in [0.4, 0.5) is 11.4 Å². The molecule has 1 aromatic carbocycles. The van der Waals surface area contributed by atoms with Gasteiger partial charge < -0.3 is 4.74 Å². The van der Waals surface area contributed by atoms with Crippen LogP contribution in [0.15, 0.2) is 18.2 Å². The van der Waals surface area contributed by atoms with Gasteiger partial charge >= 0.3 is 0 Å². The van der Waals surface area contributed by atoms with Crippen molar-refractivity contribution in [3.05, 3.63) is 28.3 Å². The Morgan fingerprint density at radius 1 is 1.55 bits per heavy atom. The third-order valence-electron chi connectivity index (χ3n) is 3.28. The van der Waals surface area contributed by atoms with Crippen molar-refractivity contribution in [2.24, 2.45) is 11.8 Å². The Bertz CT molecular complexity index is 631. The van der Waals surface area contributed by atoms with Crippen molar-refractivity contribution >= 4 is 23.2 Å². The van der Waals surface area contributed by atoms with Gasteiger partial charge in [-0.05, 0) is 12.0 Å². The number of nitrogens with one attached hydrogen (secondary N) is 1. The van der Waals surface area contributed by atoms with Crippen LogP contribution >= 0.6 is 0 Å². The monoisotopic (exact) mass is 308 g/mol. The Hall–Kier alpha value is -2.68. The molecule has 0 spiro atoms. The fraction of sp³-hybridized carbons (Fsp3) is 0.385. The van der Waals surface area contributed by atoms with Gasteiger partial charge in [0.25, 0.3) is 17.5 Å². The number of non-ortho nitro benzene ring substituents is 1. The molecule has 2 rings (SSSR count). The number of anilines is 1. The van der Waals surface area contributed by atoms with Crippen LogP contribution in [0.2, 0.25) is 0 Å². The maximum Gasteiger partial charge on any atom is 0.271 e. The Morgan fingerprint density at radius 2 is 2.23 bits per heavy atom. The molecule has 0 saturated heterocycles. The molecular weight excluding hydrogens is 292 g/mol. The average Bonchev–Trinajstić information content (AvgIpc) is 2.48. The Kier molecular flexibility index (Phi) is 4.27. The van der Waals surface area contributed by atoms with Crippen LogP contribution in [0.3, 0.4) is 0 Å². The minimum absolute atomic E-state index is 0.126. The van der Waals surface area contributed by atoms with Gasteiger partial charge in [-0.3, -0.25) is 30.0 Å². The van der Waals surface area contributed by atoms with Gasteiger partial charge in [0.05, 0.1) is 10.6 Å². The number of fused-ring (bicyclic) bond motifs is 1. The van der Waals surface area contributed by atoms with Gasteiger partial charge in [-0.25, -0.2) is 5.84 Å². The topological polar surface area (TPSA) is 128 Å². The van der Waals surface area contributed by atoms with Gasteiger partial charge in [-0.15, -0.1) is 0 Å². The van der Waals surface area contributed by atoms with Crippen LogP contribution in [0, 0.1) is 16.0 Å². The minimum Gasteiger partial charge on any atom is -0.478 e. The molecule has 1 unspecified atom stereocenters. The fourth-order valence-electron chi connectivity index (χ4n) is 2.16. The number of nitrogens with two attached hydrogens (primary N) is 1. The molecule has 3 N–H and O–H groups in total. The number of rotatable bonds is 4. The van der Waals surface area contributed by atoms with E-state index in [2.05, 4.69) is 0 Å². The molecule has 118 valence electrons. The molecule has 1 aromatic rings. The van der Waals surface area contributed by atoms with Gasteiger partial charge in [0.2, 0.25) is 0 Å². The summed E-state index contributed by atoms with van der Waals surface area (Å²) in [6.07, 6.45) is -0.764. The van der Waals surface area contributed by atoms with E-state index in [4.69, 9.17) is 10.6 Å². The lowest BCUT2D eigenvalue weighted by atomic mass is 10.0. The third-order valence-corrected chi connectivity index (χ3v) is 3.28. The lowest BCUT2D eigenvalue weighted by Crippen LogP contribution is -2.52. The van der Waals surface area contributed by atoms with Crippen LogP contribution in [0.1, 0.15) is 13.8 Å². The number of nitrogens with zero attached hydrogens (tertiary/aromatic N) is 2. The summed E-state index contributed by atoms with van der Waals surface area (Å²) in [5.41, 5.74) is 1.92. The number of hydrazine groups is 1. The quantitative estimate of drug-likeness (QED) is 0.357. The third kappa shape index (κ3) is 2.84. The number of carbonyl (C=O) groups excluding carboxylic acids is 2. The molecule has 1 heterocycles. The zero-order chi connectivity index (χ0) is 16.4. The molecule has 0 radical (unpaired) electrons. The SMILES string of the molecule is CC(C)C1Oc2ccc([N+](=O)[O-])cc2N(CC(=O)NN)C1=O. The zero-order valence-corrected chi connectivity index (χ0v) is 12.1. The van der Waals surface area contributed by atoms with Crippen molar-refractivity contribution in [3.63, 3.8) is 0 Å². The Balaban J connectivity index is 2.49. The molecule has 22 heavy (non-hydrogen) atoms. The number of amides is 2. The van der Waals surface area contributed by atoms with Crippen molar-refractivity contribution in [2.45, 2.75) is 20.0 Å². The van der Waals surface area contributed by atoms with Crippen molar-refractivity contribution in [1.82, 2.24) is 5.43 Å². The van der Waals surface area contributed by atoms with Gasteiger partial charge in [-0.1, -0.05) is 13.8 Å². The van der Waals surface area contributed by atoms with E-state index in [0.29, 0.717) is 5.75 Å². The van der Waals surface area contributed by atoms with E-state index in [9.17, 15) is 19.7 Å². The molecule has 0 fully saturated rings.